The Morgan fingerprint density at radius 3 is 2.45 bits per heavy atom. The number of aromatic carboxylic acids is 1. The van der Waals surface area contributed by atoms with Gasteiger partial charge in [-0.15, -0.1) is 0 Å². The number of anilines is 1. The van der Waals surface area contributed by atoms with Gasteiger partial charge in [-0.3, -0.25) is 10.1 Å². The molecule has 0 aliphatic heterocycles. The molecule has 2 N–H and O–H groups in total. The van der Waals surface area contributed by atoms with Crippen molar-refractivity contribution in [3.8, 4) is 17.2 Å². The molecule has 3 aromatic carbocycles. The van der Waals surface area contributed by atoms with Crippen LogP contribution in [0, 0.1) is 28.4 Å². The van der Waals surface area contributed by atoms with E-state index < -0.39 is 10.9 Å². The lowest BCUT2D eigenvalue weighted by Crippen LogP contribution is -2.10. The highest BCUT2D eigenvalue weighted by molar-refractivity contribution is 5.97. The molecule has 0 aliphatic carbocycles. The highest BCUT2D eigenvalue weighted by Crippen LogP contribution is 2.32. The second-order valence-corrected chi connectivity index (χ2v) is 6.42. The first kappa shape index (κ1) is 19.6. The van der Waals surface area contributed by atoms with Gasteiger partial charge in [-0.2, -0.15) is 5.26 Å². The van der Waals surface area contributed by atoms with Gasteiger partial charge in [0.1, 0.15) is 5.69 Å². The Labute approximate surface area is 167 Å². The van der Waals surface area contributed by atoms with Crippen LogP contribution in [0.4, 0.5) is 11.4 Å². The zero-order valence-corrected chi connectivity index (χ0v) is 15.5. The van der Waals surface area contributed by atoms with E-state index in [0.717, 1.165) is 16.7 Å². The summed E-state index contributed by atoms with van der Waals surface area (Å²) in [4.78, 5) is 22.4. The number of carboxylic acid groups (broad SMARTS) is 1. The molecule has 144 valence electrons. The fraction of sp³-hybridized carbons (Fsp3) is 0.0909. The minimum absolute atomic E-state index is 0.0126. The number of nitrogens with zero attached hydrogens (tertiary/aromatic N) is 2. The third kappa shape index (κ3) is 4.06. The van der Waals surface area contributed by atoms with E-state index in [9.17, 15) is 25.3 Å². The predicted octanol–water partition coefficient (Wildman–Crippen LogP) is 4.75. The molecule has 7 heteroatoms. The summed E-state index contributed by atoms with van der Waals surface area (Å²) in [6.07, 6.45) is 0. The lowest BCUT2D eigenvalue weighted by atomic mass is 9.99. The van der Waals surface area contributed by atoms with Crippen LogP contribution < -0.4 is 5.32 Å². The molecule has 0 saturated heterocycles. The van der Waals surface area contributed by atoms with Gasteiger partial charge in [-0.1, -0.05) is 48.5 Å². The Hall–Kier alpha value is -4.18. The molecular weight excluding hydrogens is 370 g/mol. The Bertz CT molecular complexity index is 1130. The third-order valence-electron chi connectivity index (χ3n) is 4.57. The lowest BCUT2D eigenvalue weighted by molar-refractivity contribution is -0.384. The van der Waals surface area contributed by atoms with E-state index in [-0.39, 0.29) is 23.5 Å². The van der Waals surface area contributed by atoms with Crippen LogP contribution in [0.15, 0.2) is 60.7 Å². The second-order valence-electron chi connectivity index (χ2n) is 6.42. The number of nitriles is 1. The van der Waals surface area contributed by atoms with E-state index in [4.69, 9.17) is 0 Å². The normalized spacial score (nSPS) is 10.2. The van der Waals surface area contributed by atoms with Gasteiger partial charge in [-0.05, 0) is 35.7 Å². The average molecular weight is 387 g/mol. The summed E-state index contributed by atoms with van der Waals surface area (Å²) < 4.78 is 0. The second kappa shape index (κ2) is 8.23. The monoisotopic (exact) mass is 387 g/mol. The van der Waals surface area contributed by atoms with Gasteiger partial charge in [0.15, 0.2) is 0 Å². The van der Waals surface area contributed by atoms with Crippen LogP contribution in [-0.2, 0) is 6.54 Å². The van der Waals surface area contributed by atoms with Gasteiger partial charge in [0.05, 0.1) is 22.1 Å². The molecule has 0 fully saturated rings. The number of hydrogen-bond donors (Lipinski definition) is 2. The van der Waals surface area contributed by atoms with E-state index in [0.29, 0.717) is 11.1 Å². The van der Waals surface area contributed by atoms with Gasteiger partial charge in [-0.25, -0.2) is 4.79 Å². The smallest absolute Gasteiger partial charge is 0.338 e. The maximum atomic E-state index is 11.5. The van der Waals surface area contributed by atoms with Crippen molar-refractivity contribution in [2.45, 2.75) is 13.5 Å². The van der Waals surface area contributed by atoms with E-state index in [1.54, 1.807) is 19.1 Å². The van der Waals surface area contributed by atoms with Gasteiger partial charge in [0, 0.05) is 12.1 Å². The SMILES string of the molecule is Cc1ccc(C(=O)O)c(NCc2ccc(-c3ccccc3C#N)cc2)c1[N+](=O)[O-]. The zero-order valence-electron chi connectivity index (χ0n) is 15.5. The molecule has 7 nitrogen and oxygen atoms in total. The Morgan fingerprint density at radius 1 is 1.14 bits per heavy atom. The molecule has 0 amide bonds. The summed E-state index contributed by atoms with van der Waals surface area (Å²) in [5, 5.41) is 33.0. The van der Waals surface area contributed by atoms with Crippen LogP contribution in [-0.4, -0.2) is 16.0 Å². The molecule has 0 heterocycles. The highest BCUT2D eigenvalue weighted by atomic mass is 16.6. The number of nitro benzene ring substituents is 1. The molecule has 0 aromatic heterocycles. The molecule has 0 bridgehead atoms. The summed E-state index contributed by atoms with van der Waals surface area (Å²) in [6, 6.07) is 19.6. The molecule has 0 saturated carbocycles. The maximum absolute atomic E-state index is 11.5. The summed E-state index contributed by atoms with van der Waals surface area (Å²) in [5.41, 5.74) is 3.05. The number of carboxylic acids is 1. The van der Waals surface area contributed by atoms with Crippen LogP contribution in [0.2, 0.25) is 0 Å². The quantitative estimate of drug-likeness (QED) is 0.466. The number of nitro groups is 1. The van der Waals surface area contributed by atoms with Gasteiger partial charge >= 0.3 is 5.97 Å². The van der Waals surface area contributed by atoms with Crippen molar-refractivity contribution in [3.05, 3.63) is 93.0 Å². The molecule has 3 rings (SSSR count). The highest BCUT2D eigenvalue weighted by Gasteiger charge is 2.24. The zero-order chi connectivity index (χ0) is 21.0. The third-order valence-corrected chi connectivity index (χ3v) is 4.57. The van der Waals surface area contributed by atoms with E-state index in [1.807, 2.05) is 36.4 Å². The van der Waals surface area contributed by atoms with Gasteiger partial charge < -0.3 is 10.4 Å². The molecule has 3 aromatic rings. The summed E-state index contributed by atoms with van der Waals surface area (Å²) in [7, 11) is 0. The van der Waals surface area contributed by atoms with Crippen molar-refractivity contribution in [1.29, 1.82) is 5.26 Å². The fourth-order valence-corrected chi connectivity index (χ4v) is 3.11. The number of nitrogens with one attached hydrogen (secondary N) is 1. The topological polar surface area (TPSA) is 116 Å². The van der Waals surface area contributed by atoms with E-state index in [2.05, 4.69) is 11.4 Å². The van der Waals surface area contributed by atoms with Crippen LogP contribution in [0.1, 0.15) is 27.0 Å². The van der Waals surface area contributed by atoms with Gasteiger partial charge in [0.25, 0.3) is 5.69 Å². The Balaban J connectivity index is 1.88. The molecule has 0 radical (unpaired) electrons. The minimum Gasteiger partial charge on any atom is -0.478 e. The van der Waals surface area contributed by atoms with Crippen LogP contribution in [0.25, 0.3) is 11.1 Å². The summed E-state index contributed by atoms with van der Waals surface area (Å²) in [6.45, 7) is 1.78. The van der Waals surface area contributed by atoms with E-state index in [1.165, 1.54) is 12.1 Å². The summed E-state index contributed by atoms with van der Waals surface area (Å²) in [5.74, 6) is -1.24. The van der Waals surface area contributed by atoms with E-state index >= 15 is 0 Å². The average Bonchev–Trinajstić information content (AvgIpc) is 2.72. The number of rotatable bonds is 6. The number of aryl methyl sites for hydroxylation is 1. The van der Waals surface area contributed by atoms with Crippen molar-refractivity contribution in [2.75, 3.05) is 5.32 Å². The molecule has 0 unspecified atom stereocenters. The first-order chi connectivity index (χ1) is 13.9. The molecular formula is C22H17N3O4. The standard InChI is InChI=1S/C22H17N3O4/c1-14-6-11-19(22(26)27)20(21(14)25(28)29)24-13-15-7-9-16(10-8-15)18-5-3-2-4-17(18)12-23/h2-11,24H,13H2,1H3,(H,26,27). The number of hydrogen-bond acceptors (Lipinski definition) is 5. The molecule has 0 spiro atoms. The molecule has 29 heavy (non-hydrogen) atoms. The maximum Gasteiger partial charge on any atom is 0.338 e. The van der Waals surface area contributed by atoms with Crippen LogP contribution >= 0.6 is 0 Å². The number of carbonyl (C=O) groups is 1. The first-order valence-electron chi connectivity index (χ1n) is 8.76. The lowest BCUT2D eigenvalue weighted by Gasteiger charge is -2.12. The minimum atomic E-state index is -1.24. The number of benzene rings is 3. The molecule has 0 atom stereocenters. The fourth-order valence-electron chi connectivity index (χ4n) is 3.11. The summed E-state index contributed by atoms with van der Waals surface area (Å²) >= 11 is 0. The largest absolute Gasteiger partial charge is 0.478 e. The van der Waals surface area contributed by atoms with Crippen molar-refractivity contribution < 1.29 is 14.8 Å². The predicted molar refractivity (Wildman–Crippen MR) is 109 cm³/mol. The van der Waals surface area contributed by atoms with Crippen molar-refractivity contribution in [1.82, 2.24) is 0 Å². The van der Waals surface area contributed by atoms with Crippen molar-refractivity contribution in [3.63, 3.8) is 0 Å². The van der Waals surface area contributed by atoms with Crippen LogP contribution in [0.3, 0.4) is 0 Å². The van der Waals surface area contributed by atoms with Gasteiger partial charge in [0.2, 0.25) is 0 Å². The molecule has 0 aliphatic rings. The van der Waals surface area contributed by atoms with Crippen molar-refractivity contribution >= 4 is 17.3 Å². The van der Waals surface area contributed by atoms with Crippen molar-refractivity contribution in [2.24, 2.45) is 0 Å². The Kier molecular flexibility index (Phi) is 5.56. The Morgan fingerprint density at radius 2 is 1.83 bits per heavy atom. The van der Waals surface area contributed by atoms with Crippen LogP contribution in [0.5, 0.6) is 0 Å². The first-order valence-corrected chi connectivity index (χ1v) is 8.76.